The molecule has 0 aliphatic carbocycles. The first kappa shape index (κ1) is 5.01. The third-order valence-corrected chi connectivity index (χ3v) is 31.5. The highest BCUT2D eigenvalue weighted by atomic mass is 29.2. The SMILES string of the molecule is C1[SiH2][SiH2]C[SiH2][SiH2]1. The first-order valence-electron chi connectivity index (χ1n) is 3.00. The topological polar surface area (TPSA) is 0 Å². The second kappa shape index (κ2) is 2.95. The zero-order valence-corrected chi connectivity index (χ0v) is 9.90. The van der Waals surface area contributed by atoms with Crippen molar-refractivity contribution in [3.8, 4) is 0 Å². The van der Waals surface area contributed by atoms with Gasteiger partial charge in [-0.3, -0.25) is 0 Å². The van der Waals surface area contributed by atoms with Crippen molar-refractivity contribution >= 4 is 36.1 Å². The molecule has 1 rings (SSSR count). The minimum absolute atomic E-state index is 0.744. The molecule has 1 heterocycles. The molecule has 0 saturated carbocycles. The summed E-state index contributed by atoms with van der Waals surface area (Å²) in [7, 11) is 2.98. The van der Waals surface area contributed by atoms with Crippen molar-refractivity contribution in [3.05, 3.63) is 0 Å². The van der Waals surface area contributed by atoms with Crippen LogP contribution < -0.4 is 0 Å². The first-order valence-corrected chi connectivity index (χ1v) is 15.0. The molecule has 0 nitrogen and oxygen atoms in total. The number of hydrogen-bond donors (Lipinski definition) is 0. The van der Waals surface area contributed by atoms with E-state index in [2.05, 4.69) is 0 Å². The Bertz CT molecular complexity index is 21.0. The van der Waals surface area contributed by atoms with Crippen LogP contribution in [0.15, 0.2) is 0 Å². The van der Waals surface area contributed by atoms with Gasteiger partial charge >= 0.3 is 0 Å². The predicted octanol–water partition coefficient (Wildman–Crippen LogP) is -2.74. The molecule has 0 spiro atoms. The van der Waals surface area contributed by atoms with Crippen molar-refractivity contribution in [1.29, 1.82) is 0 Å². The van der Waals surface area contributed by atoms with E-state index in [9.17, 15) is 0 Å². The van der Waals surface area contributed by atoms with Crippen LogP contribution in [0.5, 0.6) is 0 Å². The Hall–Kier alpha value is 0.868. The number of hydrogen-bond acceptors (Lipinski definition) is 0. The highest BCUT2D eigenvalue weighted by Gasteiger charge is 1.98. The van der Waals surface area contributed by atoms with Crippen LogP contribution in [0, 0.1) is 0 Å². The summed E-state index contributed by atoms with van der Waals surface area (Å²) in [4.78, 5) is 0. The summed E-state index contributed by atoms with van der Waals surface area (Å²) < 4.78 is 0. The van der Waals surface area contributed by atoms with E-state index in [1.165, 1.54) is 0 Å². The van der Waals surface area contributed by atoms with Gasteiger partial charge in [0.15, 0.2) is 0 Å². The average molecular weight is 148 g/mol. The third kappa shape index (κ3) is 1.54. The second-order valence-corrected chi connectivity index (χ2v) is 19.1. The lowest BCUT2D eigenvalue weighted by Gasteiger charge is -2.02. The van der Waals surface area contributed by atoms with Crippen molar-refractivity contribution in [2.75, 3.05) is 0 Å². The van der Waals surface area contributed by atoms with E-state index in [0.717, 1.165) is 36.1 Å². The molecule has 0 aromatic heterocycles. The molecule has 0 amide bonds. The summed E-state index contributed by atoms with van der Waals surface area (Å²) in [5, 5.41) is 0. The highest BCUT2D eigenvalue weighted by molar-refractivity contribution is 7.20. The lowest BCUT2D eigenvalue weighted by atomic mass is 11.9. The number of rotatable bonds is 0. The van der Waals surface area contributed by atoms with Gasteiger partial charge in [-0.05, 0) is 0 Å². The molecule has 4 heteroatoms. The zero-order valence-electron chi connectivity index (χ0n) is 4.24. The smallest absolute Gasteiger partial charge is 0.00424 e. The lowest BCUT2D eigenvalue weighted by Crippen LogP contribution is -2.21. The summed E-state index contributed by atoms with van der Waals surface area (Å²) in [5.41, 5.74) is 3.80. The normalized spacial score (nSPS) is 40.0. The summed E-state index contributed by atoms with van der Waals surface area (Å²) in [5.74, 6) is 0. The average Bonchev–Trinajstić information content (AvgIpc) is 1.72. The second-order valence-electron chi connectivity index (χ2n) is 2.12. The summed E-state index contributed by atoms with van der Waals surface area (Å²) >= 11 is 0. The fourth-order valence-electron chi connectivity index (χ4n) is 1.06. The fraction of sp³-hybridized carbons (Fsp3) is 1.00. The van der Waals surface area contributed by atoms with Crippen LogP contribution in [-0.4, -0.2) is 36.1 Å². The van der Waals surface area contributed by atoms with E-state index < -0.39 is 0 Å². The Labute approximate surface area is 48.0 Å². The van der Waals surface area contributed by atoms with Gasteiger partial charge in [-0.2, -0.15) is 0 Å². The molecule has 36 valence electrons. The van der Waals surface area contributed by atoms with Gasteiger partial charge in [0.2, 0.25) is 0 Å². The Balaban J connectivity index is 2.00. The molecule has 0 bridgehead atoms. The quantitative estimate of drug-likeness (QED) is 0.327. The van der Waals surface area contributed by atoms with Gasteiger partial charge in [-0.15, -0.1) is 0 Å². The molecule has 0 unspecified atom stereocenters. The van der Waals surface area contributed by atoms with Crippen LogP contribution in [0.2, 0.25) is 11.3 Å². The maximum Gasteiger partial charge on any atom is 0.00424 e. The molecular weight excluding hydrogens is 136 g/mol. The molecule has 0 aromatic rings. The van der Waals surface area contributed by atoms with Crippen LogP contribution in [0.25, 0.3) is 0 Å². The lowest BCUT2D eigenvalue weighted by molar-refractivity contribution is 1.97. The van der Waals surface area contributed by atoms with Gasteiger partial charge in [-0.25, -0.2) is 0 Å². The molecule has 0 atom stereocenters. The van der Waals surface area contributed by atoms with Crippen molar-refractivity contribution in [1.82, 2.24) is 0 Å². The molecule has 1 saturated heterocycles. The molecule has 6 heavy (non-hydrogen) atoms. The largest absolute Gasteiger partial charge is 0.0767 e. The summed E-state index contributed by atoms with van der Waals surface area (Å²) in [6.45, 7) is 0. The Morgan fingerprint density at radius 2 is 1.00 bits per heavy atom. The van der Waals surface area contributed by atoms with Gasteiger partial charge in [-0.1, -0.05) is 11.3 Å². The summed E-state index contributed by atoms with van der Waals surface area (Å²) in [6, 6.07) is 0. The van der Waals surface area contributed by atoms with Crippen molar-refractivity contribution in [2.45, 2.75) is 11.3 Å². The van der Waals surface area contributed by atoms with Crippen LogP contribution in [0.1, 0.15) is 0 Å². The van der Waals surface area contributed by atoms with Crippen LogP contribution in [0.3, 0.4) is 0 Å². The van der Waals surface area contributed by atoms with E-state index in [1.54, 1.807) is 0 Å². The van der Waals surface area contributed by atoms with E-state index in [4.69, 9.17) is 0 Å². The predicted molar refractivity (Wildman–Crippen MR) is 43.8 cm³/mol. The molecule has 1 fully saturated rings. The van der Waals surface area contributed by atoms with E-state index >= 15 is 0 Å². The molecule has 1 aliphatic rings. The Morgan fingerprint density at radius 1 is 0.667 bits per heavy atom. The van der Waals surface area contributed by atoms with Crippen molar-refractivity contribution < 1.29 is 0 Å². The van der Waals surface area contributed by atoms with Gasteiger partial charge in [0.1, 0.15) is 0 Å². The fourth-order valence-corrected chi connectivity index (χ4v) is 47.7. The van der Waals surface area contributed by atoms with Gasteiger partial charge in [0.05, 0.1) is 0 Å². The molecule has 0 N–H and O–H groups in total. The maximum absolute atomic E-state index is 1.90. The Kier molecular flexibility index (Phi) is 2.46. The minimum Gasteiger partial charge on any atom is -0.0767 e. The Morgan fingerprint density at radius 3 is 1.17 bits per heavy atom. The van der Waals surface area contributed by atoms with Gasteiger partial charge in [0, 0.05) is 36.1 Å². The van der Waals surface area contributed by atoms with E-state index in [1.807, 2.05) is 11.3 Å². The van der Waals surface area contributed by atoms with Crippen molar-refractivity contribution in [3.63, 3.8) is 0 Å². The van der Waals surface area contributed by atoms with Crippen LogP contribution >= 0.6 is 0 Å². The van der Waals surface area contributed by atoms with E-state index in [0.29, 0.717) is 0 Å². The molecule has 1 aliphatic heterocycles. The van der Waals surface area contributed by atoms with Crippen LogP contribution in [-0.2, 0) is 0 Å². The van der Waals surface area contributed by atoms with Gasteiger partial charge in [0.25, 0.3) is 0 Å². The summed E-state index contributed by atoms with van der Waals surface area (Å²) in [6.07, 6.45) is 0. The highest BCUT2D eigenvalue weighted by Crippen LogP contribution is 1.85. The molecule has 0 radical (unpaired) electrons. The molecular formula is C2H12Si4. The van der Waals surface area contributed by atoms with E-state index in [-0.39, 0.29) is 0 Å². The monoisotopic (exact) mass is 148 g/mol. The first-order chi connectivity index (χ1) is 3.00. The maximum atomic E-state index is 1.90. The standard InChI is InChI=1S/C2H12Si4/c1-3-5-2-6-4-1/h1-6H2. The molecule has 0 aromatic carbocycles. The minimum atomic E-state index is 0.744. The van der Waals surface area contributed by atoms with Gasteiger partial charge < -0.3 is 0 Å². The van der Waals surface area contributed by atoms with Crippen LogP contribution in [0.4, 0.5) is 0 Å². The third-order valence-electron chi connectivity index (χ3n) is 1.50. The zero-order chi connectivity index (χ0) is 4.24. The van der Waals surface area contributed by atoms with Crippen molar-refractivity contribution in [2.24, 2.45) is 0 Å².